The van der Waals surface area contributed by atoms with E-state index in [0.29, 0.717) is 31.4 Å². The van der Waals surface area contributed by atoms with Gasteiger partial charge in [-0.3, -0.25) is 9.59 Å². The number of hydrogen-bond acceptors (Lipinski definition) is 3. The number of benzene rings is 1. The lowest BCUT2D eigenvalue weighted by Crippen LogP contribution is -2.32. The third kappa shape index (κ3) is 7.38. The first-order valence-electron chi connectivity index (χ1n) is 9.68. The molecule has 2 N–H and O–H groups in total. The molecule has 28 heavy (non-hydrogen) atoms. The summed E-state index contributed by atoms with van der Waals surface area (Å²) < 4.78 is 26.5. The normalized spacial score (nSPS) is 18.2. The minimum Gasteiger partial charge on any atom is -0.481 e. The predicted octanol–water partition coefficient (Wildman–Crippen LogP) is 3.45. The molecule has 0 spiro atoms. The van der Waals surface area contributed by atoms with Gasteiger partial charge < -0.3 is 15.1 Å². The lowest BCUT2D eigenvalue weighted by atomic mass is 10.1. The Morgan fingerprint density at radius 3 is 2.54 bits per heavy atom. The Labute approximate surface area is 163 Å². The number of unbranched alkanes of at least 4 members (excludes halogenated alkanes) is 3. The van der Waals surface area contributed by atoms with Gasteiger partial charge in [-0.25, -0.2) is 8.78 Å². The van der Waals surface area contributed by atoms with Crippen molar-refractivity contribution in [2.75, 3.05) is 6.54 Å². The van der Waals surface area contributed by atoms with Gasteiger partial charge in [-0.15, -0.1) is 0 Å². The van der Waals surface area contributed by atoms with E-state index in [1.165, 1.54) is 12.1 Å². The second kappa shape index (κ2) is 10.9. The highest BCUT2D eigenvalue weighted by molar-refractivity contribution is 5.79. The van der Waals surface area contributed by atoms with Gasteiger partial charge in [-0.1, -0.05) is 25.0 Å². The van der Waals surface area contributed by atoms with Crippen LogP contribution in [0.4, 0.5) is 8.78 Å². The summed E-state index contributed by atoms with van der Waals surface area (Å²) in [6.45, 7) is 0.603. The van der Waals surface area contributed by atoms with Gasteiger partial charge >= 0.3 is 5.97 Å². The number of aliphatic carboxylic acids is 1. The summed E-state index contributed by atoms with van der Waals surface area (Å²) in [5.74, 6) is -2.08. The first-order valence-corrected chi connectivity index (χ1v) is 9.68. The largest absolute Gasteiger partial charge is 0.481 e. The van der Waals surface area contributed by atoms with Crippen LogP contribution in [0.3, 0.4) is 0 Å². The van der Waals surface area contributed by atoms with E-state index in [-0.39, 0.29) is 24.8 Å². The molecule has 2 atom stereocenters. The molecular weight excluding hydrogens is 368 g/mol. The number of carboxylic acid groups (broad SMARTS) is 1. The molecule has 1 aliphatic rings. The van der Waals surface area contributed by atoms with Crippen LogP contribution >= 0.6 is 0 Å². The highest BCUT2D eigenvalue weighted by Gasteiger charge is 2.28. The minimum absolute atomic E-state index is 0.0712. The van der Waals surface area contributed by atoms with E-state index in [9.17, 15) is 23.5 Å². The first kappa shape index (κ1) is 22.0. The molecule has 0 bridgehead atoms. The summed E-state index contributed by atoms with van der Waals surface area (Å²) in [5.41, 5.74) is 0.371. The zero-order chi connectivity index (χ0) is 20.5. The van der Waals surface area contributed by atoms with E-state index >= 15 is 0 Å². The highest BCUT2D eigenvalue weighted by Crippen LogP contribution is 2.21. The number of likely N-dealkylation sites (tertiary alicyclic amines) is 1. The number of aliphatic hydroxyl groups excluding tert-OH is 1. The van der Waals surface area contributed by atoms with Crippen molar-refractivity contribution in [1.82, 2.24) is 4.90 Å². The smallest absolute Gasteiger partial charge is 0.303 e. The number of carbonyl (C=O) groups excluding carboxylic acids is 1. The van der Waals surface area contributed by atoms with Gasteiger partial charge in [0.2, 0.25) is 5.91 Å². The summed E-state index contributed by atoms with van der Waals surface area (Å²) >= 11 is 0. The van der Waals surface area contributed by atoms with Crippen molar-refractivity contribution in [3.05, 3.63) is 47.5 Å². The molecule has 0 aliphatic carbocycles. The lowest BCUT2D eigenvalue weighted by molar-refractivity contribution is -0.137. The van der Waals surface area contributed by atoms with E-state index in [1.54, 1.807) is 17.1 Å². The van der Waals surface area contributed by atoms with E-state index in [0.717, 1.165) is 25.3 Å². The van der Waals surface area contributed by atoms with Crippen LogP contribution in [0.2, 0.25) is 0 Å². The molecule has 0 unspecified atom stereocenters. The summed E-state index contributed by atoms with van der Waals surface area (Å²) in [6.07, 6.45) is 6.99. The third-order valence-electron chi connectivity index (χ3n) is 4.84. The molecule has 0 radical (unpaired) electrons. The van der Waals surface area contributed by atoms with Crippen LogP contribution in [0.15, 0.2) is 30.4 Å². The molecule has 1 fully saturated rings. The van der Waals surface area contributed by atoms with Crippen molar-refractivity contribution in [3.63, 3.8) is 0 Å². The number of carboxylic acids is 1. The molecule has 5 nitrogen and oxygen atoms in total. The maximum atomic E-state index is 13.2. The van der Waals surface area contributed by atoms with Crippen molar-refractivity contribution >= 4 is 11.9 Å². The van der Waals surface area contributed by atoms with Gasteiger partial charge in [0.15, 0.2) is 0 Å². The molecule has 1 amide bonds. The van der Waals surface area contributed by atoms with E-state index in [2.05, 4.69) is 0 Å². The molecule has 2 rings (SSSR count). The number of aliphatic hydroxyl groups is 1. The van der Waals surface area contributed by atoms with E-state index in [1.807, 2.05) is 0 Å². The lowest BCUT2D eigenvalue weighted by Gasteiger charge is -2.22. The molecule has 7 heteroatoms. The number of halogens is 2. The monoisotopic (exact) mass is 395 g/mol. The number of rotatable bonds is 11. The van der Waals surface area contributed by atoms with Crippen molar-refractivity contribution in [1.29, 1.82) is 0 Å². The van der Waals surface area contributed by atoms with Gasteiger partial charge in [0.25, 0.3) is 0 Å². The Bertz CT molecular complexity index is 687. The Morgan fingerprint density at radius 2 is 1.86 bits per heavy atom. The van der Waals surface area contributed by atoms with Gasteiger partial charge in [-0.05, 0) is 37.0 Å². The number of carbonyl (C=O) groups is 2. The van der Waals surface area contributed by atoms with Crippen LogP contribution in [0.1, 0.15) is 50.5 Å². The number of amides is 1. The van der Waals surface area contributed by atoms with Crippen molar-refractivity contribution in [3.8, 4) is 0 Å². The molecule has 1 aliphatic heterocycles. The standard InChI is InChI=1S/C21H27F2NO4/c22-16-11-15(12-17(23)14-16)13-19(25)8-6-18-7-9-20(26)24(18)10-4-2-1-3-5-21(27)28/h6,8,11-12,14,18-19,25H,1-5,7,9-10,13H2,(H,27,28)/b8-6+/t18-,19+/m0/s1. The summed E-state index contributed by atoms with van der Waals surface area (Å²) in [4.78, 5) is 24.3. The SMILES string of the molecule is O=C(O)CCCCCCN1C(=O)CC[C@@H]1/C=C/[C@@H](O)Cc1cc(F)cc(F)c1. The van der Waals surface area contributed by atoms with Crippen LogP contribution in [-0.4, -0.2) is 45.7 Å². The fourth-order valence-electron chi connectivity index (χ4n) is 3.45. The van der Waals surface area contributed by atoms with E-state index in [4.69, 9.17) is 5.11 Å². The fourth-order valence-corrected chi connectivity index (χ4v) is 3.45. The topological polar surface area (TPSA) is 77.8 Å². The Morgan fingerprint density at radius 1 is 1.18 bits per heavy atom. The molecule has 0 aromatic heterocycles. The average Bonchev–Trinajstić information content (AvgIpc) is 2.95. The number of hydrogen-bond donors (Lipinski definition) is 2. The Balaban J connectivity index is 1.80. The summed E-state index contributed by atoms with van der Waals surface area (Å²) in [6, 6.07) is 3.08. The predicted molar refractivity (Wildman–Crippen MR) is 101 cm³/mol. The molecule has 154 valence electrons. The second-order valence-electron chi connectivity index (χ2n) is 7.19. The third-order valence-corrected chi connectivity index (χ3v) is 4.84. The van der Waals surface area contributed by atoms with Gasteiger partial charge in [0, 0.05) is 31.9 Å². The average molecular weight is 395 g/mol. The first-order chi connectivity index (χ1) is 13.3. The zero-order valence-electron chi connectivity index (χ0n) is 15.8. The van der Waals surface area contributed by atoms with Crippen LogP contribution in [0, 0.1) is 11.6 Å². The summed E-state index contributed by atoms with van der Waals surface area (Å²) in [5, 5.41) is 18.7. The van der Waals surface area contributed by atoms with Crippen LogP contribution in [0.5, 0.6) is 0 Å². The Kier molecular flexibility index (Phi) is 8.57. The van der Waals surface area contributed by atoms with Gasteiger partial charge in [0.1, 0.15) is 11.6 Å². The molecule has 1 aromatic rings. The number of nitrogens with zero attached hydrogens (tertiary/aromatic N) is 1. The van der Waals surface area contributed by atoms with Gasteiger partial charge in [-0.2, -0.15) is 0 Å². The molecule has 1 heterocycles. The Hall–Kier alpha value is -2.28. The molecular formula is C21H27F2NO4. The fraction of sp³-hybridized carbons (Fsp3) is 0.524. The van der Waals surface area contributed by atoms with Crippen LogP contribution in [-0.2, 0) is 16.0 Å². The quantitative estimate of drug-likeness (QED) is 0.444. The highest BCUT2D eigenvalue weighted by atomic mass is 19.1. The maximum absolute atomic E-state index is 13.2. The van der Waals surface area contributed by atoms with Crippen LogP contribution in [0.25, 0.3) is 0 Å². The van der Waals surface area contributed by atoms with Crippen molar-refractivity contribution < 1.29 is 28.6 Å². The zero-order valence-corrected chi connectivity index (χ0v) is 15.8. The molecule has 0 saturated carbocycles. The molecule has 1 saturated heterocycles. The minimum atomic E-state index is -0.894. The van der Waals surface area contributed by atoms with Gasteiger partial charge in [0.05, 0.1) is 12.1 Å². The molecule has 1 aromatic carbocycles. The van der Waals surface area contributed by atoms with Crippen molar-refractivity contribution in [2.24, 2.45) is 0 Å². The maximum Gasteiger partial charge on any atom is 0.303 e. The summed E-state index contributed by atoms with van der Waals surface area (Å²) in [7, 11) is 0. The van der Waals surface area contributed by atoms with Crippen LogP contribution < -0.4 is 0 Å². The van der Waals surface area contributed by atoms with Crippen molar-refractivity contribution in [2.45, 2.75) is 63.5 Å². The van der Waals surface area contributed by atoms with E-state index < -0.39 is 23.7 Å². The second-order valence-corrected chi connectivity index (χ2v) is 7.19.